The molecule has 2 aromatic rings. The Morgan fingerprint density at radius 3 is 3.06 bits per heavy atom. The molecule has 1 aromatic heterocycles. The summed E-state index contributed by atoms with van der Waals surface area (Å²) in [5.74, 6) is 0. The van der Waals surface area contributed by atoms with Gasteiger partial charge in [-0.3, -0.25) is 0 Å². The number of amides is 1. The molecule has 0 aliphatic carbocycles. The summed E-state index contributed by atoms with van der Waals surface area (Å²) in [6.45, 7) is 2.40. The van der Waals surface area contributed by atoms with Crippen molar-refractivity contribution >= 4 is 17.1 Å². The van der Waals surface area contributed by atoms with E-state index in [1.165, 1.54) is 0 Å². The molecular formula is C12H13NO3. The molecule has 16 heavy (non-hydrogen) atoms. The molecule has 0 fully saturated rings. The van der Waals surface area contributed by atoms with Gasteiger partial charge < -0.3 is 14.8 Å². The van der Waals surface area contributed by atoms with Crippen molar-refractivity contribution in [1.29, 1.82) is 0 Å². The first-order chi connectivity index (χ1) is 7.68. The van der Waals surface area contributed by atoms with Gasteiger partial charge in [0.05, 0.1) is 6.26 Å². The molecule has 0 aliphatic heterocycles. The summed E-state index contributed by atoms with van der Waals surface area (Å²) in [6, 6.07) is 5.83. The summed E-state index contributed by atoms with van der Waals surface area (Å²) in [4.78, 5) is 10.3. The second-order valence-corrected chi connectivity index (χ2v) is 3.69. The lowest BCUT2D eigenvalue weighted by atomic mass is 10.0. The van der Waals surface area contributed by atoms with Gasteiger partial charge in [-0.15, -0.1) is 0 Å². The fourth-order valence-electron chi connectivity index (χ4n) is 1.85. The zero-order valence-corrected chi connectivity index (χ0v) is 8.99. The van der Waals surface area contributed by atoms with Gasteiger partial charge in [0.2, 0.25) is 0 Å². The summed E-state index contributed by atoms with van der Waals surface area (Å²) >= 11 is 0. The predicted molar refractivity (Wildman–Crippen MR) is 60.7 cm³/mol. The number of hydrogen-bond donors (Lipinski definition) is 2. The smallest absolute Gasteiger partial charge is 0.404 e. The minimum Gasteiger partial charge on any atom is -0.465 e. The van der Waals surface area contributed by atoms with Crippen LogP contribution < -0.4 is 5.32 Å². The van der Waals surface area contributed by atoms with Gasteiger partial charge in [0.15, 0.2) is 0 Å². The number of benzene rings is 1. The second-order valence-electron chi connectivity index (χ2n) is 3.69. The summed E-state index contributed by atoms with van der Waals surface area (Å²) in [7, 11) is 0. The molecule has 0 spiro atoms. The third-order valence-corrected chi connectivity index (χ3v) is 2.54. The third kappa shape index (κ3) is 2.00. The van der Waals surface area contributed by atoms with E-state index < -0.39 is 6.09 Å². The maximum Gasteiger partial charge on any atom is 0.404 e. The first-order valence-corrected chi connectivity index (χ1v) is 5.11. The zero-order valence-electron chi connectivity index (χ0n) is 8.99. The molecule has 0 unspecified atom stereocenters. The van der Waals surface area contributed by atoms with E-state index in [-0.39, 0.29) is 0 Å². The van der Waals surface area contributed by atoms with Crippen molar-refractivity contribution < 1.29 is 14.3 Å². The maximum absolute atomic E-state index is 10.3. The highest BCUT2D eigenvalue weighted by atomic mass is 16.4. The van der Waals surface area contributed by atoms with Gasteiger partial charge >= 0.3 is 6.09 Å². The first kappa shape index (κ1) is 10.5. The van der Waals surface area contributed by atoms with Gasteiger partial charge in [-0.05, 0) is 30.5 Å². The standard InChI is InChI=1S/C12H13NO3/c1-8-7-16-10-4-2-3-9(11(8)10)5-6-13-12(14)15/h2-4,7,13H,5-6H2,1H3,(H,14,15). The Morgan fingerprint density at radius 1 is 1.50 bits per heavy atom. The van der Waals surface area contributed by atoms with Crippen molar-refractivity contribution in [2.75, 3.05) is 6.54 Å². The largest absolute Gasteiger partial charge is 0.465 e. The number of fused-ring (bicyclic) bond motifs is 1. The van der Waals surface area contributed by atoms with Crippen LogP contribution in [0.4, 0.5) is 4.79 Å². The SMILES string of the molecule is Cc1coc2cccc(CCNC(=O)O)c12. The summed E-state index contributed by atoms with van der Waals surface area (Å²) < 4.78 is 5.38. The van der Waals surface area contributed by atoms with Crippen LogP contribution in [0, 0.1) is 6.92 Å². The molecule has 84 valence electrons. The Bertz CT molecular complexity index is 516. The van der Waals surface area contributed by atoms with Crippen molar-refractivity contribution in [2.45, 2.75) is 13.3 Å². The van der Waals surface area contributed by atoms with Crippen molar-refractivity contribution in [1.82, 2.24) is 5.32 Å². The van der Waals surface area contributed by atoms with Crippen LogP contribution in [0.15, 0.2) is 28.9 Å². The number of rotatable bonds is 3. The van der Waals surface area contributed by atoms with Crippen LogP contribution in [0.1, 0.15) is 11.1 Å². The summed E-state index contributed by atoms with van der Waals surface area (Å²) in [6.07, 6.45) is 1.40. The molecule has 1 heterocycles. The Labute approximate surface area is 92.9 Å². The Hall–Kier alpha value is -1.97. The molecule has 0 radical (unpaired) electrons. The quantitative estimate of drug-likeness (QED) is 0.833. The molecule has 2 N–H and O–H groups in total. The highest BCUT2D eigenvalue weighted by Gasteiger charge is 2.07. The van der Waals surface area contributed by atoms with Crippen molar-refractivity contribution in [3.8, 4) is 0 Å². The molecule has 4 heteroatoms. The molecule has 0 saturated heterocycles. The van der Waals surface area contributed by atoms with Gasteiger partial charge in [0.25, 0.3) is 0 Å². The monoisotopic (exact) mass is 219 g/mol. The number of hydrogen-bond acceptors (Lipinski definition) is 2. The molecule has 0 atom stereocenters. The van der Waals surface area contributed by atoms with E-state index in [0.717, 1.165) is 22.1 Å². The second kappa shape index (κ2) is 4.26. The maximum atomic E-state index is 10.3. The summed E-state index contributed by atoms with van der Waals surface area (Å²) in [5.41, 5.74) is 3.05. The molecule has 0 saturated carbocycles. The van der Waals surface area contributed by atoms with Crippen molar-refractivity contribution in [3.05, 3.63) is 35.6 Å². The van der Waals surface area contributed by atoms with E-state index in [9.17, 15) is 4.79 Å². The molecule has 1 amide bonds. The molecule has 0 aliphatic rings. The third-order valence-electron chi connectivity index (χ3n) is 2.54. The van der Waals surface area contributed by atoms with Crippen LogP contribution in [-0.2, 0) is 6.42 Å². The van der Waals surface area contributed by atoms with Crippen LogP contribution in [0.2, 0.25) is 0 Å². The Balaban J connectivity index is 2.23. The fourth-order valence-corrected chi connectivity index (χ4v) is 1.85. The number of carboxylic acid groups (broad SMARTS) is 1. The van der Waals surface area contributed by atoms with Crippen molar-refractivity contribution in [3.63, 3.8) is 0 Å². The van der Waals surface area contributed by atoms with E-state index in [0.29, 0.717) is 13.0 Å². The minimum absolute atomic E-state index is 0.416. The normalized spacial score (nSPS) is 10.6. The minimum atomic E-state index is -0.990. The number of carbonyl (C=O) groups is 1. The van der Waals surface area contributed by atoms with E-state index in [2.05, 4.69) is 5.32 Å². The Kier molecular flexibility index (Phi) is 2.81. The van der Waals surface area contributed by atoms with E-state index >= 15 is 0 Å². The molecule has 4 nitrogen and oxygen atoms in total. The van der Waals surface area contributed by atoms with Crippen LogP contribution >= 0.6 is 0 Å². The predicted octanol–water partition coefficient (Wildman–Crippen LogP) is 2.55. The Morgan fingerprint density at radius 2 is 2.31 bits per heavy atom. The zero-order chi connectivity index (χ0) is 11.5. The number of aryl methyl sites for hydroxylation is 1. The highest BCUT2D eigenvalue weighted by Crippen LogP contribution is 2.24. The molecule has 2 rings (SSSR count). The number of furan rings is 1. The van der Waals surface area contributed by atoms with E-state index in [4.69, 9.17) is 9.52 Å². The lowest BCUT2D eigenvalue weighted by Gasteiger charge is -2.03. The lowest BCUT2D eigenvalue weighted by molar-refractivity contribution is 0.194. The van der Waals surface area contributed by atoms with Crippen molar-refractivity contribution in [2.24, 2.45) is 0 Å². The van der Waals surface area contributed by atoms with Gasteiger partial charge in [-0.2, -0.15) is 0 Å². The topological polar surface area (TPSA) is 62.5 Å². The van der Waals surface area contributed by atoms with E-state index in [1.54, 1.807) is 6.26 Å². The molecule has 1 aromatic carbocycles. The van der Waals surface area contributed by atoms with Gasteiger partial charge in [0.1, 0.15) is 5.58 Å². The fraction of sp³-hybridized carbons (Fsp3) is 0.250. The van der Waals surface area contributed by atoms with Crippen LogP contribution in [-0.4, -0.2) is 17.7 Å². The van der Waals surface area contributed by atoms with Crippen LogP contribution in [0.25, 0.3) is 11.0 Å². The molecule has 0 bridgehead atoms. The first-order valence-electron chi connectivity index (χ1n) is 5.11. The van der Waals surface area contributed by atoms with Gasteiger partial charge in [-0.1, -0.05) is 12.1 Å². The van der Waals surface area contributed by atoms with E-state index in [1.807, 2.05) is 25.1 Å². The van der Waals surface area contributed by atoms with Gasteiger partial charge in [-0.25, -0.2) is 4.79 Å². The number of nitrogens with one attached hydrogen (secondary N) is 1. The van der Waals surface area contributed by atoms with Crippen LogP contribution in [0.3, 0.4) is 0 Å². The van der Waals surface area contributed by atoms with Gasteiger partial charge in [0, 0.05) is 11.9 Å². The molecular weight excluding hydrogens is 206 g/mol. The summed E-state index contributed by atoms with van der Waals surface area (Å²) in [5, 5.41) is 11.9. The average Bonchev–Trinajstić information content (AvgIpc) is 2.61. The van der Waals surface area contributed by atoms with Crippen LogP contribution in [0.5, 0.6) is 0 Å². The highest BCUT2D eigenvalue weighted by molar-refractivity contribution is 5.84. The average molecular weight is 219 g/mol. The lowest BCUT2D eigenvalue weighted by Crippen LogP contribution is -2.23.